The minimum absolute atomic E-state index is 0. The van der Waals surface area contributed by atoms with Crippen molar-refractivity contribution in [3.8, 4) is 0 Å². The molecule has 122 valence electrons. The van der Waals surface area contributed by atoms with E-state index in [0.29, 0.717) is 17.3 Å². The average molecular weight is 359 g/mol. The molecule has 0 radical (unpaired) electrons. The molecule has 0 aromatic heterocycles. The van der Waals surface area contributed by atoms with E-state index in [1.807, 2.05) is 25.1 Å². The number of nitrogens with two attached hydrogens (primary N) is 1. The van der Waals surface area contributed by atoms with E-state index in [1.54, 1.807) is 12.1 Å². The van der Waals surface area contributed by atoms with Crippen LogP contribution in [0.25, 0.3) is 0 Å². The second-order valence-electron chi connectivity index (χ2n) is 4.38. The predicted octanol–water partition coefficient (Wildman–Crippen LogP) is 2.55. The first-order valence-corrected chi connectivity index (χ1v) is 6.36. The number of nitrogens with one attached hydrogen (secondary N) is 1. The lowest BCUT2D eigenvalue weighted by molar-refractivity contribution is -0.118. The summed E-state index contributed by atoms with van der Waals surface area (Å²) in [6, 6.07) is 5.38. The van der Waals surface area contributed by atoms with Gasteiger partial charge in [-0.05, 0) is 12.1 Å². The highest BCUT2D eigenvalue weighted by Crippen LogP contribution is 2.32. The highest BCUT2D eigenvalue weighted by Gasteiger charge is 2.15. The second kappa shape index (κ2) is 10.9. The third-order valence-corrected chi connectivity index (χ3v) is 3.02. The molecule has 21 heavy (non-hydrogen) atoms. The molecule has 0 saturated carbocycles. The molecular weight excluding hydrogens is 337 g/mol. The van der Waals surface area contributed by atoms with Gasteiger partial charge in [0.1, 0.15) is 0 Å². The summed E-state index contributed by atoms with van der Waals surface area (Å²) in [7, 11) is 5.28. The molecule has 0 aliphatic heterocycles. The van der Waals surface area contributed by atoms with Gasteiger partial charge in [-0.2, -0.15) is 0 Å². The summed E-state index contributed by atoms with van der Waals surface area (Å²) in [6.07, 6.45) is -0.0613. The summed E-state index contributed by atoms with van der Waals surface area (Å²) in [5, 5.41) is 3.42. The van der Waals surface area contributed by atoms with E-state index >= 15 is 0 Å². The van der Waals surface area contributed by atoms with E-state index in [1.165, 1.54) is 7.11 Å². The van der Waals surface area contributed by atoms with Crippen LogP contribution in [0, 0.1) is 0 Å². The molecule has 1 aromatic carbocycles. The number of hydrogen-bond donors (Lipinski definition) is 2. The van der Waals surface area contributed by atoms with Crippen molar-refractivity contribution in [3.63, 3.8) is 0 Å². The number of nitrogens with zero attached hydrogens (tertiary/aromatic N) is 1. The lowest BCUT2D eigenvalue weighted by Gasteiger charge is -2.20. The number of carbonyl (C=O) groups excluding carboxylic acids is 1. The number of amides is 1. The highest BCUT2D eigenvalue weighted by atomic mass is 35.5. The third kappa shape index (κ3) is 6.72. The molecular formula is C13H22Cl3N3O2. The van der Waals surface area contributed by atoms with Crippen molar-refractivity contribution in [2.45, 2.75) is 12.5 Å². The summed E-state index contributed by atoms with van der Waals surface area (Å²) in [4.78, 5) is 13.8. The molecule has 1 unspecified atom stereocenters. The van der Waals surface area contributed by atoms with E-state index in [2.05, 4.69) is 5.32 Å². The molecule has 0 aliphatic carbocycles. The highest BCUT2D eigenvalue weighted by molar-refractivity contribution is 6.34. The molecule has 0 saturated heterocycles. The van der Waals surface area contributed by atoms with Crippen LogP contribution in [-0.4, -0.2) is 39.8 Å². The number of benzene rings is 1. The maximum absolute atomic E-state index is 11.9. The van der Waals surface area contributed by atoms with Gasteiger partial charge in [0.15, 0.2) is 0 Å². The number of carbonyl (C=O) groups is 1. The zero-order valence-electron chi connectivity index (χ0n) is 12.3. The van der Waals surface area contributed by atoms with Crippen molar-refractivity contribution in [2.75, 3.05) is 38.0 Å². The number of halogens is 3. The van der Waals surface area contributed by atoms with Gasteiger partial charge in [-0.25, -0.2) is 0 Å². The number of rotatable bonds is 6. The SMILES string of the molecule is COC(CN)CC(=O)Nc1cccc(Cl)c1N(C)C.Cl.Cl. The standard InChI is InChI=1S/C13H20ClN3O2.2ClH/c1-17(2)13-10(14)5-4-6-11(13)16-12(18)7-9(8-15)19-3;;/h4-6,9H,7-8,15H2,1-3H3,(H,16,18);2*1H. The molecule has 1 amide bonds. The van der Waals surface area contributed by atoms with Crippen molar-refractivity contribution in [1.29, 1.82) is 0 Å². The largest absolute Gasteiger partial charge is 0.380 e. The van der Waals surface area contributed by atoms with Gasteiger partial charge in [-0.1, -0.05) is 17.7 Å². The number of hydrogen-bond acceptors (Lipinski definition) is 4. The number of methoxy groups -OCH3 is 1. The van der Waals surface area contributed by atoms with Gasteiger partial charge in [0, 0.05) is 27.7 Å². The quantitative estimate of drug-likeness (QED) is 0.820. The Balaban J connectivity index is 0. The Morgan fingerprint density at radius 1 is 1.43 bits per heavy atom. The Morgan fingerprint density at radius 3 is 2.52 bits per heavy atom. The summed E-state index contributed by atoms with van der Waals surface area (Å²) in [5.74, 6) is -0.150. The van der Waals surface area contributed by atoms with Gasteiger partial charge in [0.05, 0.1) is 28.9 Å². The van der Waals surface area contributed by atoms with Crippen LogP contribution in [0.1, 0.15) is 6.42 Å². The molecule has 8 heteroatoms. The molecule has 1 rings (SSSR count). The van der Waals surface area contributed by atoms with E-state index < -0.39 is 0 Å². The third-order valence-electron chi connectivity index (χ3n) is 2.72. The zero-order chi connectivity index (χ0) is 14.4. The lowest BCUT2D eigenvalue weighted by atomic mass is 10.2. The fourth-order valence-electron chi connectivity index (χ4n) is 1.74. The monoisotopic (exact) mass is 357 g/mol. The fourth-order valence-corrected chi connectivity index (χ4v) is 2.09. The van der Waals surface area contributed by atoms with Crippen molar-refractivity contribution in [3.05, 3.63) is 23.2 Å². The van der Waals surface area contributed by atoms with Crippen LogP contribution in [0.3, 0.4) is 0 Å². The molecule has 0 aliphatic rings. The van der Waals surface area contributed by atoms with Gasteiger partial charge in [-0.3, -0.25) is 4.79 Å². The smallest absolute Gasteiger partial charge is 0.227 e. The fraction of sp³-hybridized carbons (Fsp3) is 0.462. The Labute approximate surface area is 143 Å². The van der Waals surface area contributed by atoms with Crippen molar-refractivity contribution >= 4 is 53.7 Å². The maximum Gasteiger partial charge on any atom is 0.227 e. The molecule has 5 nitrogen and oxygen atoms in total. The topological polar surface area (TPSA) is 67.6 Å². The van der Waals surface area contributed by atoms with Crippen LogP contribution in [-0.2, 0) is 9.53 Å². The van der Waals surface area contributed by atoms with E-state index in [4.69, 9.17) is 22.1 Å². The predicted molar refractivity (Wildman–Crippen MR) is 93.4 cm³/mol. The van der Waals surface area contributed by atoms with E-state index in [0.717, 1.165) is 5.69 Å². The Bertz CT molecular complexity index is 441. The first kappa shape index (κ1) is 22.6. The minimum atomic E-state index is -0.276. The van der Waals surface area contributed by atoms with Crippen LogP contribution in [0.5, 0.6) is 0 Å². The van der Waals surface area contributed by atoms with Crippen LogP contribution in [0.4, 0.5) is 11.4 Å². The van der Waals surface area contributed by atoms with Crippen molar-refractivity contribution in [1.82, 2.24) is 0 Å². The van der Waals surface area contributed by atoms with Crippen LogP contribution in [0.15, 0.2) is 18.2 Å². The maximum atomic E-state index is 11.9. The average Bonchev–Trinajstić information content (AvgIpc) is 2.35. The molecule has 0 spiro atoms. The van der Waals surface area contributed by atoms with Crippen molar-refractivity contribution < 1.29 is 9.53 Å². The first-order valence-electron chi connectivity index (χ1n) is 5.98. The van der Waals surface area contributed by atoms with Crippen LogP contribution < -0.4 is 16.0 Å². The second-order valence-corrected chi connectivity index (χ2v) is 4.78. The summed E-state index contributed by atoms with van der Waals surface area (Å²) < 4.78 is 5.09. The summed E-state index contributed by atoms with van der Waals surface area (Å²) in [5.41, 5.74) is 6.95. The number of ether oxygens (including phenoxy) is 1. The van der Waals surface area contributed by atoms with Crippen LogP contribution >= 0.6 is 36.4 Å². The van der Waals surface area contributed by atoms with Gasteiger partial charge < -0.3 is 20.7 Å². The zero-order valence-corrected chi connectivity index (χ0v) is 14.6. The first-order chi connectivity index (χ1) is 8.99. The Morgan fingerprint density at radius 2 is 2.05 bits per heavy atom. The van der Waals surface area contributed by atoms with E-state index in [-0.39, 0.29) is 43.2 Å². The summed E-state index contributed by atoms with van der Waals surface area (Å²) in [6.45, 7) is 0.306. The molecule has 0 heterocycles. The Kier molecular flexibility index (Phi) is 11.7. The van der Waals surface area contributed by atoms with E-state index in [9.17, 15) is 4.79 Å². The lowest BCUT2D eigenvalue weighted by Crippen LogP contribution is -2.28. The normalized spacial score (nSPS) is 10.9. The molecule has 0 fully saturated rings. The van der Waals surface area contributed by atoms with Crippen LogP contribution in [0.2, 0.25) is 5.02 Å². The molecule has 3 N–H and O–H groups in total. The van der Waals surface area contributed by atoms with Gasteiger partial charge in [-0.15, -0.1) is 24.8 Å². The van der Waals surface area contributed by atoms with Gasteiger partial charge in [0.25, 0.3) is 0 Å². The molecule has 1 atom stereocenters. The number of para-hydroxylation sites is 1. The Hall–Kier alpha value is -0.720. The molecule has 1 aromatic rings. The summed E-state index contributed by atoms with van der Waals surface area (Å²) >= 11 is 6.13. The van der Waals surface area contributed by atoms with Gasteiger partial charge in [0.2, 0.25) is 5.91 Å². The van der Waals surface area contributed by atoms with Crippen molar-refractivity contribution in [2.24, 2.45) is 5.73 Å². The molecule has 0 bridgehead atoms. The minimum Gasteiger partial charge on any atom is -0.380 e. The van der Waals surface area contributed by atoms with Gasteiger partial charge >= 0.3 is 0 Å². The number of anilines is 2.